The van der Waals surface area contributed by atoms with Gasteiger partial charge < -0.3 is 14.4 Å². The van der Waals surface area contributed by atoms with Crippen LogP contribution >= 0.6 is 0 Å². The number of benzene rings is 1. The molecule has 1 aromatic rings. The summed E-state index contributed by atoms with van der Waals surface area (Å²) in [7, 11) is 0. The molecule has 1 amide bonds. The first-order chi connectivity index (χ1) is 9.85. The van der Waals surface area contributed by atoms with Crippen LogP contribution in [0.4, 0.5) is 9.18 Å². The van der Waals surface area contributed by atoms with Gasteiger partial charge in [0.1, 0.15) is 5.60 Å². The first kappa shape index (κ1) is 15.6. The Morgan fingerprint density at radius 3 is 2.76 bits per heavy atom. The van der Waals surface area contributed by atoms with Crippen molar-refractivity contribution < 1.29 is 18.7 Å². The zero-order valence-corrected chi connectivity index (χ0v) is 12.8. The van der Waals surface area contributed by atoms with Gasteiger partial charge in [-0.2, -0.15) is 0 Å². The van der Waals surface area contributed by atoms with Crippen LogP contribution in [0.3, 0.4) is 0 Å². The summed E-state index contributed by atoms with van der Waals surface area (Å²) < 4.78 is 24.3. The van der Waals surface area contributed by atoms with E-state index in [9.17, 15) is 9.18 Å². The lowest BCUT2D eigenvalue weighted by molar-refractivity contribution is 0.0284. The van der Waals surface area contributed by atoms with Crippen molar-refractivity contribution in [3.8, 4) is 5.75 Å². The number of likely N-dealkylation sites (tertiary alicyclic amines) is 1. The molecule has 116 valence electrons. The van der Waals surface area contributed by atoms with Crippen molar-refractivity contribution >= 4 is 6.09 Å². The smallest absolute Gasteiger partial charge is 0.410 e. The number of nitrogens with zero attached hydrogens (tertiary/aromatic N) is 1. The number of para-hydroxylation sites is 1. The van der Waals surface area contributed by atoms with E-state index in [0.29, 0.717) is 19.7 Å². The molecule has 2 rings (SSSR count). The molecule has 0 aliphatic carbocycles. The van der Waals surface area contributed by atoms with E-state index in [1.165, 1.54) is 6.07 Å². The predicted octanol–water partition coefficient (Wildman–Crippen LogP) is 3.46. The highest BCUT2D eigenvalue weighted by Gasteiger charge is 2.30. The molecule has 0 saturated carbocycles. The van der Waals surface area contributed by atoms with Crippen LogP contribution < -0.4 is 4.74 Å². The van der Waals surface area contributed by atoms with Gasteiger partial charge in [0.25, 0.3) is 0 Å². The van der Waals surface area contributed by atoms with E-state index in [1.807, 2.05) is 20.8 Å². The molecule has 1 aromatic carbocycles. The average molecular weight is 295 g/mol. The van der Waals surface area contributed by atoms with Crippen molar-refractivity contribution in [2.24, 2.45) is 5.92 Å². The van der Waals surface area contributed by atoms with E-state index in [1.54, 1.807) is 23.1 Å². The van der Waals surface area contributed by atoms with Crippen molar-refractivity contribution in [2.45, 2.75) is 32.8 Å². The van der Waals surface area contributed by atoms with Crippen LogP contribution in [0.15, 0.2) is 24.3 Å². The second kappa shape index (κ2) is 6.33. The highest BCUT2D eigenvalue weighted by atomic mass is 19.1. The van der Waals surface area contributed by atoms with Gasteiger partial charge in [-0.15, -0.1) is 0 Å². The van der Waals surface area contributed by atoms with Gasteiger partial charge in [0.2, 0.25) is 0 Å². The average Bonchev–Trinajstić information content (AvgIpc) is 2.85. The van der Waals surface area contributed by atoms with Crippen molar-refractivity contribution in [1.82, 2.24) is 4.90 Å². The quantitative estimate of drug-likeness (QED) is 0.857. The summed E-state index contributed by atoms with van der Waals surface area (Å²) in [5, 5.41) is 0. The highest BCUT2D eigenvalue weighted by Crippen LogP contribution is 2.22. The molecular weight excluding hydrogens is 273 g/mol. The minimum atomic E-state index is -0.487. The summed E-state index contributed by atoms with van der Waals surface area (Å²) >= 11 is 0. The minimum absolute atomic E-state index is 0.206. The number of halogens is 1. The van der Waals surface area contributed by atoms with Gasteiger partial charge in [-0.1, -0.05) is 12.1 Å². The van der Waals surface area contributed by atoms with Crippen LogP contribution in [-0.2, 0) is 4.74 Å². The Kier molecular flexibility index (Phi) is 4.70. The van der Waals surface area contributed by atoms with Crippen molar-refractivity contribution in [1.29, 1.82) is 0 Å². The summed E-state index contributed by atoms with van der Waals surface area (Å²) in [5.74, 6) is 0.102. The molecule has 0 unspecified atom stereocenters. The van der Waals surface area contributed by atoms with E-state index in [0.717, 1.165) is 6.42 Å². The molecule has 0 radical (unpaired) electrons. The molecule has 4 nitrogen and oxygen atoms in total. The van der Waals surface area contributed by atoms with Crippen LogP contribution in [0.1, 0.15) is 27.2 Å². The molecule has 0 aromatic heterocycles. The summed E-state index contributed by atoms with van der Waals surface area (Å²) in [5.41, 5.74) is -0.487. The first-order valence-electron chi connectivity index (χ1n) is 7.20. The molecule has 5 heteroatoms. The first-order valence-corrected chi connectivity index (χ1v) is 7.20. The molecule has 1 heterocycles. The maximum atomic E-state index is 13.4. The van der Waals surface area contributed by atoms with Crippen molar-refractivity contribution in [3.05, 3.63) is 30.1 Å². The number of carbonyl (C=O) groups is 1. The number of hydrogen-bond acceptors (Lipinski definition) is 3. The molecule has 1 aliphatic rings. The van der Waals surface area contributed by atoms with Gasteiger partial charge >= 0.3 is 6.09 Å². The summed E-state index contributed by atoms with van der Waals surface area (Å²) in [6.07, 6.45) is 0.545. The molecule has 1 aliphatic heterocycles. The molecular formula is C16H22FNO3. The molecule has 0 spiro atoms. The van der Waals surface area contributed by atoms with Crippen LogP contribution in [0.2, 0.25) is 0 Å². The summed E-state index contributed by atoms with van der Waals surface area (Å²) in [4.78, 5) is 13.6. The Bertz CT molecular complexity index is 499. The Morgan fingerprint density at radius 2 is 2.10 bits per heavy atom. The van der Waals surface area contributed by atoms with Gasteiger partial charge in [-0.25, -0.2) is 9.18 Å². The van der Waals surface area contributed by atoms with Gasteiger partial charge in [0, 0.05) is 19.0 Å². The third-order valence-electron chi connectivity index (χ3n) is 3.25. The monoisotopic (exact) mass is 295 g/mol. The van der Waals surface area contributed by atoms with E-state index in [-0.39, 0.29) is 23.6 Å². The van der Waals surface area contributed by atoms with E-state index in [4.69, 9.17) is 9.47 Å². The van der Waals surface area contributed by atoms with Crippen LogP contribution in [0.5, 0.6) is 5.75 Å². The lowest BCUT2D eigenvalue weighted by atomic mass is 10.1. The predicted molar refractivity (Wildman–Crippen MR) is 77.8 cm³/mol. The Labute approximate surface area is 124 Å². The summed E-state index contributed by atoms with van der Waals surface area (Å²) in [6.45, 7) is 7.18. The molecule has 0 bridgehead atoms. The zero-order chi connectivity index (χ0) is 15.5. The largest absolute Gasteiger partial charge is 0.490 e. The third-order valence-corrected chi connectivity index (χ3v) is 3.25. The number of rotatable bonds is 3. The second-order valence-corrected chi connectivity index (χ2v) is 6.32. The van der Waals surface area contributed by atoms with Gasteiger partial charge in [-0.3, -0.25) is 0 Å². The van der Waals surface area contributed by atoms with Crippen molar-refractivity contribution in [2.75, 3.05) is 19.7 Å². The lowest BCUT2D eigenvalue weighted by Gasteiger charge is -2.24. The van der Waals surface area contributed by atoms with E-state index in [2.05, 4.69) is 0 Å². The molecule has 0 N–H and O–H groups in total. The van der Waals surface area contributed by atoms with Gasteiger partial charge in [0.05, 0.1) is 6.61 Å². The van der Waals surface area contributed by atoms with E-state index < -0.39 is 5.60 Å². The number of carbonyl (C=O) groups excluding carboxylic acids is 1. The van der Waals surface area contributed by atoms with E-state index >= 15 is 0 Å². The highest BCUT2D eigenvalue weighted by molar-refractivity contribution is 5.68. The standard InChI is InChI=1S/C16H22FNO3/c1-16(2,3)21-15(19)18-9-8-12(10-18)11-20-14-7-5-4-6-13(14)17/h4-7,12H,8-11H2,1-3H3/t12-/m1/s1. The van der Waals surface area contributed by atoms with Gasteiger partial charge in [0.15, 0.2) is 11.6 Å². The lowest BCUT2D eigenvalue weighted by Crippen LogP contribution is -2.35. The third kappa shape index (κ3) is 4.62. The van der Waals surface area contributed by atoms with Gasteiger partial charge in [-0.05, 0) is 39.3 Å². The van der Waals surface area contributed by atoms with Crippen molar-refractivity contribution in [3.63, 3.8) is 0 Å². The molecule has 1 atom stereocenters. The molecule has 21 heavy (non-hydrogen) atoms. The number of ether oxygens (including phenoxy) is 2. The Morgan fingerprint density at radius 1 is 1.38 bits per heavy atom. The van der Waals surface area contributed by atoms with Crippen LogP contribution in [0.25, 0.3) is 0 Å². The number of hydrogen-bond donors (Lipinski definition) is 0. The Hall–Kier alpha value is -1.78. The fourth-order valence-corrected chi connectivity index (χ4v) is 2.23. The normalized spacial score (nSPS) is 18.7. The van der Waals surface area contributed by atoms with Crippen LogP contribution in [-0.4, -0.2) is 36.3 Å². The zero-order valence-electron chi connectivity index (χ0n) is 12.8. The summed E-state index contributed by atoms with van der Waals surface area (Å²) in [6, 6.07) is 6.34. The maximum absolute atomic E-state index is 13.4. The Balaban J connectivity index is 1.80. The number of amides is 1. The second-order valence-electron chi connectivity index (χ2n) is 6.32. The minimum Gasteiger partial charge on any atom is -0.490 e. The maximum Gasteiger partial charge on any atom is 0.410 e. The molecule has 1 fully saturated rings. The molecule has 1 saturated heterocycles. The fourth-order valence-electron chi connectivity index (χ4n) is 2.23. The van der Waals surface area contributed by atoms with Crippen LogP contribution in [0, 0.1) is 11.7 Å². The fraction of sp³-hybridized carbons (Fsp3) is 0.562. The SMILES string of the molecule is CC(C)(C)OC(=O)N1CC[C@@H](COc2ccccc2F)C1. The topological polar surface area (TPSA) is 38.8 Å².